The quantitative estimate of drug-likeness (QED) is 0.440. The van der Waals surface area contributed by atoms with Gasteiger partial charge in [0.15, 0.2) is 6.29 Å². The van der Waals surface area contributed by atoms with Crippen LogP contribution < -0.4 is 0 Å². The second-order valence-corrected chi connectivity index (χ2v) is 1.86. The molecule has 0 rings (SSSR count). The molecule has 74 valence electrons. The van der Waals surface area contributed by atoms with Crippen LogP contribution >= 0.6 is 0 Å². The largest absolute Gasteiger partial charge is 0.466 e. The Morgan fingerprint density at radius 2 is 2.15 bits per heavy atom. The molecule has 0 N–H and O–H groups in total. The third-order valence-corrected chi connectivity index (χ3v) is 0.803. The molecule has 0 aliphatic heterocycles. The van der Waals surface area contributed by atoms with E-state index < -0.39 is 37.9 Å². The molecule has 5 nitrogen and oxygen atoms in total. The molecular weight excluding hydrogens is 176 g/mol. The van der Waals surface area contributed by atoms with Crippen LogP contribution in [0.25, 0.3) is 0 Å². The van der Waals surface area contributed by atoms with E-state index in [4.69, 9.17) is 5.48 Å². The van der Waals surface area contributed by atoms with E-state index in [9.17, 15) is 14.4 Å². The van der Waals surface area contributed by atoms with Crippen LogP contribution in [0.1, 0.15) is 25.2 Å². The molecule has 0 heterocycles. The summed E-state index contributed by atoms with van der Waals surface area (Å²) < 4.78 is 37.3. The normalized spacial score (nSPS) is 15.8. The Kier molecular flexibility index (Phi) is 3.42. The summed E-state index contributed by atoms with van der Waals surface area (Å²) in [5.41, 5.74) is 0. The van der Waals surface area contributed by atoms with Crippen molar-refractivity contribution in [2.75, 3.05) is 13.2 Å². The van der Waals surface area contributed by atoms with Gasteiger partial charge in [0.05, 0.1) is 9.30 Å². The lowest BCUT2D eigenvalue weighted by Crippen LogP contribution is -2.08. The summed E-state index contributed by atoms with van der Waals surface area (Å²) in [5.74, 6) is -2.33. The minimum Gasteiger partial charge on any atom is -0.466 e. The molecule has 0 saturated carbocycles. The van der Waals surface area contributed by atoms with Gasteiger partial charge in [-0.1, -0.05) is 0 Å². The number of carbonyl (C=O) groups is 3. The van der Waals surface area contributed by atoms with Gasteiger partial charge in [-0.05, 0) is 6.42 Å². The van der Waals surface area contributed by atoms with Crippen LogP contribution in [0, 0.1) is 0 Å². The van der Waals surface area contributed by atoms with Gasteiger partial charge in [0.2, 0.25) is 0 Å². The molecule has 5 heteroatoms. The second kappa shape index (κ2) is 7.27. The van der Waals surface area contributed by atoms with Crippen LogP contribution in [0.15, 0.2) is 0 Å². The zero-order chi connectivity index (χ0) is 13.7. The fourth-order valence-electron chi connectivity index (χ4n) is 0.407. The van der Waals surface area contributed by atoms with Crippen LogP contribution in [0.2, 0.25) is 0 Å². The Morgan fingerprint density at radius 1 is 1.46 bits per heavy atom. The zero-order valence-electron chi connectivity index (χ0n) is 11.0. The molecule has 0 atom stereocenters. The van der Waals surface area contributed by atoms with Crippen LogP contribution in [-0.4, -0.2) is 31.4 Å². The van der Waals surface area contributed by atoms with Gasteiger partial charge < -0.3 is 9.47 Å². The molecule has 0 amide bonds. The molecule has 0 aromatic heterocycles. The van der Waals surface area contributed by atoms with Crippen molar-refractivity contribution >= 4 is 18.2 Å². The van der Waals surface area contributed by atoms with Gasteiger partial charge in [0.25, 0.3) is 0 Å². The van der Waals surface area contributed by atoms with Gasteiger partial charge in [-0.2, -0.15) is 0 Å². The fraction of sp³-hybridized carbons (Fsp3) is 0.625. The van der Waals surface area contributed by atoms with Gasteiger partial charge in [-0.25, -0.2) is 0 Å². The minimum absolute atomic E-state index is 0.259. The Balaban J connectivity index is 4.56. The Labute approximate surface area is 81.6 Å². The highest BCUT2D eigenvalue weighted by molar-refractivity contribution is 5.71. The molecule has 0 aliphatic rings. The Morgan fingerprint density at radius 3 is 2.69 bits per heavy atom. The highest BCUT2D eigenvalue weighted by Gasteiger charge is 2.02. The maximum Gasteiger partial charge on any atom is 0.306 e. The van der Waals surface area contributed by atoms with Crippen molar-refractivity contribution in [3.63, 3.8) is 0 Å². The topological polar surface area (TPSA) is 69.7 Å². The summed E-state index contributed by atoms with van der Waals surface area (Å²) >= 11 is 0. The maximum absolute atomic E-state index is 11.1. The lowest BCUT2D eigenvalue weighted by atomic mass is 10.3. The van der Waals surface area contributed by atoms with E-state index in [0.717, 1.165) is 6.92 Å². The van der Waals surface area contributed by atoms with Crippen LogP contribution in [0.4, 0.5) is 0 Å². The molecule has 0 aromatic rings. The first-order valence-electron chi connectivity index (χ1n) is 5.41. The van der Waals surface area contributed by atoms with Gasteiger partial charge in [0, 0.05) is 16.0 Å². The Hall–Kier alpha value is -1.39. The van der Waals surface area contributed by atoms with E-state index in [1.807, 2.05) is 0 Å². The molecule has 0 spiro atoms. The van der Waals surface area contributed by atoms with E-state index in [0.29, 0.717) is 0 Å². The molecular formula is C8H12O5. The molecule has 0 bridgehead atoms. The predicted molar refractivity (Wildman–Crippen MR) is 42.9 cm³/mol. The van der Waals surface area contributed by atoms with Crippen molar-refractivity contribution in [2.24, 2.45) is 0 Å². The summed E-state index contributed by atoms with van der Waals surface area (Å²) in [5, 5.41) is 0. The molecule has 0 aromatic carbocycles. The lowest BCUT2D eigenvalue weighted by molar-refractivity contribution is -0.147. The maximum atomic E-state index is 11.1. The number of hydrogen-bond donors (Lipinski definition) is 0. The molecule has 0 aliphatic carbocycles. The fourth-order valence-corrected chi connectivity index (χ4v) is 0.407. The van der Waals surface area contributed by atoms with Crippen molar-refractivity contribution in [1.29, 1.82) is 0 Å². The van der Waals surface area contributed by atoms with Crippen molar-refractivity contribution in [2.45, 2.75) is 19.7 Å². The van der Waals surface area contributed by atoms with Crippen LogP contribution in [-0.2, 0) is 23.9 Å². The molecule has 0 unspecified atom stereocenters. The molecule has 0 saturated heterocycles. The van der Waals surface area contributed by atoms with Crippen molar-refractivity contribution in [1.82, 2.24) is 0 Å². The second-order valence-electron chi connectivity index (χ2n) is 1.86. The van der Waals surface area contributed by atoms with Gasteiger partial charge in [-0.15, -0.1) is 0 Å². The van der Waals surface area contributed by atoms with E-state index in [-0.39, 0.29) is 6.29 Å². The number of rotatable bonds is 6. The third-order valence-electron chi connectivity index (χ3n) is 0.803. The Bertz CT molecular complexity index is 315. The van der Waals surface area contributed by atoms with Crippen molar-refractivity contribution in [3.8, 4) is 0 Å². The first-order chi connectivity index (χ1) is 7.60. The van der Waals surface area contributed by atoms with Gasteiger partial charge >= 0.3 is 11.9 Å². The van der Waals surface area contributed by atoms with E-state index >= 15 is 0 Å². The average molecular weight is 192 g/mol. The monoisotopic (exact) mass is 192 g/mol. The standard InChI is InChI=1S/C8H12O5/c1-7(10)12-5-2-3-8(11)13-6-4-9/h4H,2-3,5-6H2,1H3/i3D2,5D2. The highest BCUT2D eigenvalue weighted by atomic mass is 16.5. The predicted octanol–water partition coefficient (Wildman–Crippen LogP) is 0.0718. The number of ether oxygens (including phenoxy) is 2. The third kappa shape index (κ3) is 8.52. The van der Waals surface area contributed by atoms with Gasteiger partial charge in [-0.3, -0.25) is 14.4 Å². The number of aldehydes is 1. The minimum atomic E-state index is -2.69. The van der Waals surface area contributed by atoms with Gasteiger partial charge in [0.1, 0.15) is 6.61 Å². The summed E-state index contributed by atoms with van der Waals surface area (Å²) in [6.07, 6.45) is -3.45. The summed E-state index contributed by atoms with van der Waals surface area (Å²) in [6.45, 7) is -2.29. The van der Waals surface area contributed by atoms with Crippen molar-refractivity contribution < 1.29 is 29.3 Å². The first-order valence-corrected chi connectivity index (χ1v) is 3.41. The number of esters is 2. The zero-order valence-corrected chi connectivity index (χ0v) is 7.03. The van der Waals surface area contributed by atoms with Crippen molar-refractivity contribution in [3.05, 3.63) is 0 Å². The summed E-state index contributed by atoms with van der Waals surface area (Å²) in [6, 6.07) is 0. The first kappa shape index (κ1) is 6.12. The number of hydrogen-bond acceptors (Lipinski definition) is 5. The molecule has 13 heavy (non-hydrogen) atoms. The molecule has 0 fully saturated rings. The summed E-state index contributed by atoms with van der Waals surface area (Å²) in [4.78, 5) is 31.6. The smallest absolute Gasteiger partial charge is 0.306 e. The highest BCUT2D eigenvalue weighted by Crippen LogP contribution is 1.93. The van der Waals surface area contributed by atoms with E-state index in [1.54, 1.807) is 0 Å². The average Bonchev–Trinajstić information content (AvgIpc) is 2.09. The van der Waals surface area contributed by atoms with Crippen LogP contribution in [0.3, 0.4) is 0 Å². The molecule has 0 radical (unpaired) electrons. The number of carbonyl (C=O) groups excluding carboxylic acids is 3. The lowest BCUT2D eigenvalue weighted by Gasteiger charge is -2.01. The van der Waals surface area contributed by atoms with Crippen LogP contribution in [0.5, 0.6) is 0 Å². The van der Waals surface area contributed by atoms with E-state index in [2.05, 4.69) is 9.47 Å². The SMILES string of the molecule is [2H]C([2H])(CC([2H])([2H])C(=O)OCC=O)OC(C)=O. The van der Waals surface area contributed by atoms with E-state index in [1.165, 1.54) is 0 Å². The summed E-state index contributed by atoms with van der Waals surface area (Å²) in [7, 11) is 0.